The van der Waals surface area contributed by atoms with E-state index >= 15 is 0 Å². The summed E-state index contributed by atoms with van der Waals surface area (Å²) in [5, 5.41) is 13.9. The molecular weight excluding hydrogens is 439 g/mol. The van der Waals surface area contributed by atoms with Gasteiger partial charge in [0.2, 0.25) is 11.8 Å². The lowest BCUT2D eigenvalue weighted by Gasteiger charge is -2.29. The van der Waals surface area contributed by atoms with Crippen molar-refractivity contribution in [1.82, 2.24) is 25.1 Å². The second-order valence-electron chi connectivity index (χ2n) is 5.94. The van der Waals surface area contributed by atoms with Crippen molar-refractivity contribution in [3.05, 3.63) is 29.5 Å². The predicted octanol–water partition coefficient (Wildman–Crippen LogP) is 0.900. The zero-order valence-electron chi connectivity index (χ0n) is 16.2. The normalized spacial score (nSPS) is 11.6. The number of nitrogens with zero attached hydrogens (tertiary/aromatic N) is 5. The summed E-state index contributed by atoms with van der Waals surface area (Å²) in [4.78, 5) is 38.3. The lowest BCUT2D eigenvalue weighted by molar-refractivity contribution is -0.153. The van der Waals surface area contributed by atoms with Crippen molar-refractivity contribution in [2.75, 3.05) is 38.6 Å². The van der Waals surface area contributed by atoms with Crippen LogP contribution in [0.15, 0.2) is 24.5 Å². The Morgan fingerprint density at radius 2 is 2.07 bits per heavy atom. The van der Waals surface area contributed by atoms with Crippen LogP contribution in [0.2, 0.25) is 5.02 Å². The van der Waals surface area contributed by atoms with E-state index in [0.717, 1.165) is 4.90 Å². The van der Waals surface area contributed by atoms with Gasteiger partial charge in [-0.3, -0.25) is 9.59 Å². The number of alkyl halides is 1. The topological polar surface area (TPSA) is 129 Å². The largest absolute Gasteiger partial charge is 0.467 e. The van der Waals surface area contributed by atoms with Gasteiger partial charge in [-0.25, -0.2) is 4.79 Å². The van der Waals surface area contributed by atoms with Crippen molar-refractivity contribution in [1.29, 1.82) is 0 Å². The zero-order chi connectivity index (χ0) is 22.1. The number of carbonyl (C=O) groups excluding carboxylic acids is 3. The average Bonchev–Trinajstić information content (AvgIpc) is 3.26. The van der Waals surface area contributed by atoms with Gasteiger partial charge in [0.15, 0.2) is 0 Å². The highest BCUT2D eigenvalue weighted by molar-refractivity contribution is 6.31. The highest BCUT2D eigenvalue weighted by Crippen LogP contribution is 2.24. The van der Waals surface area contributed by atoms with Crippen molar-refractivity contribution in [2.45, 2.75) is 12.5 Å². The number of anilines is 1. The molecule has 1 atom stereocenters. The molecule has 0 aliphatic carbocycles. The fourth-order valence-electron chi connectivity index (χ4n) is 2.64. The maximum absolute atomic E-state index is 12.7. The van der Waals surface area contributed by atoms with Crippen molar-refractivity contribution in [2.24, 2.45) is 0 Å². The quantitative estimate of drug-likeness (QED) is 0.410. The first kappa shape index (κ1) is 23.5. The number of amides is 2. The Hall–Kier alpha value is -2.76. The van der Waals surface area contributed by atoms with Crippen LogP contribution < -0.4 is 5.32 Å². The number of hydrogen-bond donors (Lipinski definition) is 1. The van der Waals surface area contributed by atoms with E-state index in [9.17, 15) is 14.4 Å². The van der Waals surface area contributed by atoms with Crippen molar-refractivity contribution in [3.63, 3.8) is 0 Å². The number of carbonyl (C=O) groups is 3. The molecular formula is C17H20Cl2N6O5. The Bertz CT molecular complexity index is 880. The molecule has 2 amide bonds. The molecule has 0 fully saturated rings. The fraction of sp³-hybridized carbons (Fsp3) is 0.412. The van der Waals surface area contributed by atoms with E-state index in [1.54, 1.807) is 12.1 Å². The number of hydrogen-bond acceptors (Lipinski definition) is 8. The number of benzene rings is 1. The number of tetrazole rings is 1. The van der Waals surface area contributed by atoms with Gasteiger partial charge in [-0.15, -0.1) is 16.7 Å². The summed E-state index contributed by atoms with van der Waals surface area (Å²) in [7, 11) is 2.64. The number of halogens is 2. The zero-order valence-corrected chi connectivity index (χ0v) is 17.8. The standard InChI is InChI=1S/C17H20Cl2N6O5/c1-29-6-5-14(17(28)30-2)24(16(27)8-18)9-15(26)21-12-7-11(19)3-4-13(12)25-10-20-22-23-25/h3-4,7,10,14H,5-6,8-9H2,1-2H3,(H,21,26)/t14-/m0/s1. The molecule has 2 aromatic rings. The lowest BCUT2D eigenvalue weighted by atomic mass is 10.1. The van der Waals surface area contributed by atoms with Crippen LogP contribution in [-0.2, 0) is 23.9 Å². The number of esters is 1. The van der Waals surface area contributed by atoms with Gasteiger partial charge < -0.3 is 19.7 Å². The Morgan fingerprint density at radius 3 is 2.67 bits per heavy atom. The third-order valence-corrected chi connectivity index (χ3v) is 4.49. The summed E-state index contributed by atoms with van der Waals surface area (Å²) < 4.78 is 11.1. The lowest BCUT2D eigenvalue weighted by Crippen LogP contribution is -2.50. The van der Waals surface area contributed by atoms with Gasteiger partial charge in [0.25, 0.3) is 0 Å². The van der Waals surface area contributed by atoms with Crippen LogP contribution in [0.1, 0.15) is 6.42 Å². The molecule has 11 nitrogen and oxygen atoms in total. The summed E-state index contributed by atoms with van der Waals surface area (Å²) in [6.45, 7) is -0.276. The van der Waals surface area contributed by atoms with Crippen LogP contribution in [0.3, 0.4) is 0 Å². The SMILES string of the molecule is COCC[C@@H](C(=O)OC)N(CC(=O)Nc1cc(Cl)ccc1-n1cnnn1)C(=O)CCl. The molecule has 0 saturated carbocycles. The van der Waals surface area contributed by atoms with Gasteiger partial charge in [0.05, 0.1) is 18.5 Å². The minimum atomic E-state index is -1.04. The van der Waals surface area contributed by atoms with Crippen molar-refractivity contribution in [3.8, 4) is 5.69 Å². The van der Waals surface area contributed by atoms with E-state index in [2.05, 4.69) is 20.8 Å². The second-order valence-corrected chi connectivity index (χ2v) is 6.64. The maximum Gasteiger partial charge on any atom is 0.328 e. The number of rotatable bonds is 10. The minimum absolute atomic E-state index is 0.131. The molecule has 30 heavy (non-hydrogen) atoms. The number of methoxy groups -OCH3 is 2. The first-order chi connectivity index (χ1) is 14.4. The van der Waals surface area contributed by atoms with Crippen LogP contribution in [0.25, 0.3) is 5.69 Å². The molecule has 162 valence electrons. The Kier molecular flexibility index (Phi) is 8.96. The molecule has 0 unspecified atom stereocenters. The van der Waals surface area contributed by atoms with Crippen LogP contribution in [0, 0.1) is 0 Å². The smallest absolute Gasteiger partial charge is 0.328 e. The Labute approximate surface area is 182 Å². The molecule has 0 saturated heterocycles. The molecule has 1 N–H and O–H groups in total. The van der Waals surface area contributed by atoms with Crippen LogP contribution in [0.5, 0.6) is 0 Å². The second kappa shape index (κ2) is 11.4. The van der Waals surface area contributed by atoms with Crippen LogP contribution >= 0.6 is 23.2 Å². The molecule has 1 aromatic carbocycles. The number of ether oxygens (including phenoxy) is 2. The minimum Gasteiger partial charge on any atom is -0.467 e. The van der Waals surface area contributed by atoms with E-state index in [0.29, 0.717) is 16.4 Å². The van der Waals surface area contributed by atoms with Crippen molar-refractivity contribution < 1.29 is 23.9 Å². The third kappa shape index (κ3) is 6.12. The summed E-state index contributed by atoms with van der Waals surface area (Å²) in [5.74, 6) is -2.29. The van der Waals surface area contributed by atoms with Gasteiger partial charge in [0.1, 0.15) is 24.8 Å². The van der Waals surface area contributed by atoms with Gasteiger partial charge in [0, 0.05) is 25.2 Å². The fourth-order valence-corrected chi connectivity index (χ4v) is 2.97. The van der Waals surface area contributed by atoms with Gasteiger partial charge in [-0.05, 0) is 28.6 Å². The van der Waals surface area contributed by atoms with Crippen LogP contribution in [0.4, 0.5) is 5.69 Å². The first-order valence-corrected chi connectivity index (χ1v) is 9.57. The highest BCUT2D eigenvalue weighted by Gasteiger charge is 2.31. The molecule has 0 bridgehead atoms. The average molecular weight is 459 g/mol. The summed E-state index contributed by atoms with van der Waals surface area (Å²) in [6.07, 6.45) is 1.48. The van der Waals surface area contributed by atoms with E-state index in [1.165, 1.54) is 31.3 Å². The molecule has 1 heterocycles. The summed E-state index contributed by atoms with van der Waals surface area (Å²) >= 11 is 11.7. The Balaban J connectivity index is 2.25. The van der Waals surface area contributed by atoms with Gasteiger partial charge in [-0.2, -0.15) is 4.68 Å². The monoisotopic (exact) mass is 458 g/mol. The van der Waals surface area contributed by atoms with E-state index in [4.69, 9.17) is 32.7 Å². The first-order valence-electron chi connectivity index (χ1n) is 8.66. The number of nitrogens with one attached hydrogen (secondary N) is 1. The van der Waals surface area contributed by atoms with E-state index in [-0.39, 0.29) is 13.0 Å². The molecule has 1 aromatic heterocycles. The number of aromatic nitrogens is 4. The maximum atomic E-state index is 12.7. The third-order valence-electron chi connectivity index (χ3n) is 4.02. The van der Waals surface area contributed by atoms with Crippen molar-refractivity contribution >= 4 is 46.7 Å². The van der Waals surface area contributed by atoms with Gasteiger partial charge in [-0.1, -0.05) is 11.6 Å². The molecule has 2 rings (SSSR count). The van der Waals surface area contributed by atoms with E-state index < -0.39 is 36.3 Å². The van der Waals surface area contributed by atoms with E-state index in [1.807, 2.05) is 0 Å². The predicted molar refractivity (Wildman–Crippen MR) is 108 cm³/mol. The summed E-state index contributed by atoms with van der Waals surface area (Å²) in [5.41, 5.74) is 0.765. The molecule has 13 heteroatoms. The molecule has 0 spiro atoms. The molecule has 0 aliphatic heterocycles. The molecule has 0 radical (unpaired) electrons. The summed E-state index contributed by atoms with van der Waals surface area (Å²) in [6, 6.07) is 3.69. The van der Waals surface area contributed by atoms with Gasteiger partial charge >= 0.3 is 5.97 Å². The Morgan fingerprint density at radius 1 is 1.30 bits per heavy atom. The van der Waals surface area contributed by atoms with Crippen LogP contribution in [-0.4, -0.2) is 82.2 Å². The highest BCUT2D eigenvalue weighted by atomic mass is 35.5. The molecule has 0 aliphatic rings.